The Hall–Kier alpha value is -2.11. The molecular formula is C15H22N4O2. The Morgan fingerprint density at radius 1 is 1.33 bits per heavy atom. The van der Waals surface area contributed by atoms with Gasteiger partial charge in [-0.05, 0) is 39.2 Å². The van der Waals surface area contributed by atoms with Gasteiger partial charge in [0.05, 0.1) is 11.5 Å². The Morgan fingerprint density at radius 3 is 2.43 bits per heavy atom. The van der Waals surface area contributed by atoms with E-state index in [1.54, 1.807) is 12.1 Å². The molecule has 0 amide bonds. The summed E-state index contributed by atoms with van der Waals surface area (Å²) in [7, 11) is 0. The van der Waals surface area contributed by atoms with Crippen molar-refractivity contribution in [3.8, 4) is 0 Å². The van der Waals surface area contributed by atoms with Gasteiger partial charge in [0.25, 0.3) is 5.69 Å². The second-order valence-corrected chi connectivity index (χ2v) is 6.38. The molecule has 0 saturated heterocycles. The summed E-state index contributed by atoms with van der Waals surface area (Å²) in [5.74, 6) is 0.795. The number of hydrogen-bond donors (Lipinski definition) is 2. The van der Waals surface area contributed by atoms with Crippen LogP contribution in [0, 0.1) is 10.1 Å². The number of rotatable bonds is 4. The highest BCUT2D eigenvalue weighted by Crippen LogP contribution is 2.19. The molecule has 1 aromatic rings. The van der Waals surface area contributed by atoms with Crippen molar-refractivity contribution in [3.63, 3.8) is 0 Å². The predicted molar refractivity (Wildman–Crippen MR) is 83.3 cm³/mol. The highest BCUT2D eigenvalue weighted by Gasteiger charge is 2.23. The molecule has 6 heteroatoms. The van der Waals surface area contributed by atoms with Crippen molar-refractivity contribution in [2.75, 3.05) is 0 Å². The van der Waals surface area contributed by atoms with Crippen LogP contribution in [0.1, 0.15) is 39.2 Å². The largest absolute Gasteiger partial charge is 0.354 e. The first-order valence-corrected chi connectivity index (χ1v) is 7.16. The van der Waals surface area contributed by atoms with E-state index in [0.29, 0.717) is 12.6 Å². The minimum absolute atomic E-state index is 0.0593. The van der Waals surface area contributed by atoms with E-state index in [1.165, 1.54) is 25.0 Å². The topological polar surface area (TPSA) is 79.6 Å². The van der Waals surface area contributed by atoms with E-state index < -0.39 is 4.92 Å². The maximum atomic E-state index is 10.6. The van der Waals surface area contributed by atoms with Crippen LogP contribution < -0.4 is 10.6 Å². The number of guanidine groups is 1. The van der Waals surface area contributed by atoms with E-state index >= 15 is 0 Å². The van der Waals surface area contributed by atoms with Crippen molar-refractivity contribution >= 4 is 11.6 Å². The van der Waals surface area contributed by atoms with Crippen LogP contribution in [0.4, 0.5) is 5.69 Å². The molecule has 0 aliphatic heterocycles. The lowest BCUT2D eigenvalue weighted by molar-refractivity contribution is -0.384. The minimum atomic E-state index is -0.395. The zero-order valence-corrected chi connectivity index (χ0v) is 12.7. The van der Waals surface area contributed by atoms with Gasteiger partial charge in [-0.25, -0.2) is 4.99 Å². The van der Waals surface area contributed by atoms with Gasteiger partial charge < -0.3 is 10.6 Å². The van der Waals surface area contributed by atoms with E-state index in [-0.39, 0.29) is 11.2 Å². The molecule has 1 saturated carbocycles. The van der Waals surface area contributed by atoms with E-state index in [4.69, 9.17) is 0 Å². The molecule has 1 aliphatic carbocycles. The van der Waals surface area contributed by atoms with Crippen molar-refractivity contribution in [1.82, 2.24) is 10.6 Å². The Morgan fingerprint density at radius 2 is 1.95 bits per heavy atom. The van der Waals surface area contributed by atoms with Crippen LogP contribution in [0.3, 0.4) is 0 Å². The van der Waals surface area contributed by atoms with Gasteiger partial charge in [-0.3, -0.25) is 10.1 Å². The van der Waals surface area contributed by atoms with Crippen LogP contribution in [-0.2, 0) is 6.54 Å². The predicted octanol–water partition coefficient (Wildman–Crippen LogP) is 2.59. The summed E-state index contributed by atoms with van der Waals surface area (Å²) < 4.78 is 0. The van der Waals surface area contributed by atoms with Crippen molar-refractivity contribution in [2.45, 2.75) is 51.7 Å². The van der Waals surface area contributed by atoms with Crippen LogP contribution >= 0.6 is 0 Å². The summed E-state index contributed by atoms with van der Waals surface area (Å²) in [5, 5.41) is 17.4. The number of nitrogens with one attached hydrogen (secondary N) is 2. The molecule has 2 rings (SSSR count). The van der Waals surface area contributed by atoms with Gasteiger partial charge in [0.2, 0.25) is 0 Å². The quantitative estimate of drug-likeness (QED) is 0.386. The fraction of sp³-hybridized carbons (Fsp3) is 0.533. The summed E-state index contributed by atoms with van der Waals surface area (Å²) in [6, 6.07) is 7.03. The Balaban J connectivity index is 2.01. The summed E-state index contributed by atoms with van der Waals surface area (Å²) in [5.41, 5.74) is 0.995. The van der Waals surface area contributed by atoms with Crippen LogP contribution in [0.2, 0.25) is 0 Å². The maximum absolute atomic E-state index is 10.6. The first-order valence-electron chi connectivity index (χ1n) is 7.16. The lowest BCUT2D eigenvalue weighted by atomic mass is 10.1. The van der Waals surface area contributed by atoms with Gasteiger partial charge in [-0.1, -0.05) is 12.1 Å². The van der Waals surface area contributed by atoms with Crippen molar-refractivity contribution in [3.05, 3.63) is 39.9 Å². The molecule has 1 fully saturated rings. The molecule has 0 spiro atoms. The number of non-ortho nitro benzene ring substituents is 1. The SMILES string of the molecule is CC(C)(C)NC(=NCc1ccc([N+](=O)[O-])cc1)NC1CC1. The minimum Gasteiger partial charge on any atom is -0.354 e. The smallest absolute Gasteiger partial charge is 0.269 e. The summed E-state index contributed by atoms with van der Waals surface area (Å²) in [4.78, 5) is 14.8. The third-order valence-corrected chi connectivity index (χ3v) is 2.98. The van der Waals surface area contributed by atoms with E-state index in [9.17, 15) is 10.1 Å². The van der Waals surface area contributed by atoms with E-state index in [0.717, 1.165) is 11.5 Å². The average Bonchev–Trinajstić information content (AvgIpc) is 3.18. The zero-order chi connectivity index (χ0) is 15.5. The second kappa shape index (κ2) is 6.11. The van der Waals surface area contributed by atoms with Crippen LogP contribution in [0.15, 0.2) is 29.3 Å². The maximum Gasteiger partial charge on any atom is 0.269 e. The molecule has 0 aromatic heterocycles. The number of nitro benzene ring substituents is 1. The number of benzene rings is 1. The monoisotopic (exact) mass is 290 g/mol. The number of aliphatic imine (C=N–C) groups is 1. The third-order valence-electron chi connectivity index (χ3n) is 2.98. The van der Waals surface area contributed by atoms with Crippen molar-refractivity contribution in [2.24, 2.45) is 4.99 Å². The zero-order valence-electron chi connectivity index (χ0n) is 12.7. The number of hydrogen-bond acceptors (Lipinski definition) is 3. The van der Waals surface area contributed by atoms with Gasteiger partial charge in [-0.2, -0.15) is 0 Å². The normalized spacial score (nSPS) is 15.7. The van der Waals surface area contributed by atoms with Gasteiger partial charge in [0.15, 0.2) is 5.96 Å². The molecule has 21 heavy (non-hydrogen) atoms. The molecule has 0 heterocycles. The average molecular weight is 290 g/mol. The van der Waals surface area contributed by atoms with Crippen LogP contribution in [0.25, 0.3) is 0 Å². The number of nitrogens with zero attached hydrogens (tertiary/aromatic N) is 2. The van der Waals surface area contributed by atoms with Gasteiger partial charge in [0, 0.05) is 23.7 Å². The first kappa shape index (κ1) is 15.3. The summed E-state index contributed by atoms with van der Waals surface area (Å²) in [6.07, 6.45) is 2.37. The standard InChI is InChI=1S/C15H22N4O2/c1-15(2,3)18-14(17-12-6-7-12)16-10-11-4-8-13(9-5-11)19(20)21/h4-5,8-9,12H,6-7,10H2,1-3H3,(H2,16,17,18). The fourth-order valence-electron chi connectivity index (χ4n) is 1.79. The molecule has 0 bridgehead atoms. The Bertz CT molecular complexity index is 528. The highest BCUT2D eigenvalue weighted by atomic mass is 16.6. The fourth-order valence-corrected chi connectivity index (χ4v) is 1.79. The molecule has 6 nitrogen and oxygen atoms in total. The van der Waals surface area contributed by atoms with Crippen LogP contribution in [-0.4, -0.2) is 22.5 Å². The van der Waals surface area contributed by atoms with E-state index in [1.807, 2.05) is 0 Å². The summed E-state index contributed by atoms with van der Waals surface area (Å²) >= 11 is 0. The summed E-state index contributed by atoms with van der Waals surface area (Å²) in [6.45, 7) is 6.76. The molecule has 114 valence electrons. The molecule has 1 aliphatic rings. The second-order valence-electron chi connectivity index (χ2n) is 6.38. The Kier molecular flexibility index (Phi) is 4.45. The Labute approximate surface area is 124 Å². The lowest BCUT2D eigenvalue weighted by Crippen LogP contribution is -2.48. The van der Waals surface area contributed by atoms with Gasteiger partial charge in [0.1, 0.15) is 0 Å². The molecule has 1 aromatic carbocycles. The molecule has 0 radical (unpaired) electrons. The molecule has 2 N–H and O–H groups in total. The molecular weight excluding hydrogens is 268 g/mol. The van der Waals surface area contributed by atoms with Gasteiger partial charge in [-0.15, -0.1) is 0 Å². The van der Waals surface area contributed by atoms with Crippen LogP contribution in [0.5, 0.6) is 0 Å². The van der Waals surface area contributed by atoms with Crippen molar-refractivity contribution < 1.29 is 4.92 Å². The van der Waals surface area contributed by atoms with E-state index in [2.05, 4.69) is 36.4 Å². The lowest BCUT2D eigenvalue weighted by Gasteiger charge is -2.24. The first-order chi connectivity index (χ1) is 9.83. The highest BCUT2D eigenvalue weighted by molar-refractivity contribution is 5.81. The number of nitro groups is 1. The van der Waals surface area contributed by atoms with Crippen molar-refractivity contribution in [1.29, 1.82) is 0 Å². The van der Waals surface area contributed by atoms with Gasteiger partial charge >= 0.3 is 0 Å². The molecule has 0 unspecified atom stereocenters. The molecule has 0 atom stereocenters. The third kappa shape index (κ3) is 5.41.